The minimum Gasteiger partial charge on any atom is -0.508 e. The van der Waals surface area contributed by atoms with Gasteiger partial charge in [-0.1, -0.05) is 42.5 Å². The van der Waals surface area contributed by atoms with Gasteiger partial charge in [0.1, 0.15) is 5.75 Å². The largest absolute Gasteiger partial charge is 0.508 e. The molecule has 0 spiro atoms. The van der Waals surface area contributed by atoms with E-state index in [0.717, 1.165) is 11.1 Å². The second-order valence-electron chi connectivity index (χ2n) is 4.87. The first-order valence-corrected chi connectivity index (χ1v) is 8.49. The maximum Gasteiger partial charge on any atom is 0.211 e. The van der Waals surface area contributed by atoms with Crippen molar-refractivity contribution in [3.8, 4) is 5.75 Å². The minimum atomic E-state index is -3.26. The zero-order valence-corrected chi connectivity index (χ0v) is 12.5. The molecule has 2 aromatic carbocycles. The van der Waals surface area contributed by atoms with Crippen molar-refractivity contribution in [3.05, 3.63) is 65.7 Å². The quantitative estimate of drug-likeness (QED) is 0.823. The molecule has 21 heavy (non-hydrogen) atoms. The van der Waals surface area contributed by atoms with Crippen LogP contribution in [-0.4, -0.2) is 25.8 Å². The van der Waals surface area contributed by atoms with E-state index in [4.69, 9.17) is 0 Å². The van der Waals surface area contributed by atoms with E-state index < -0.39 is 10.0 Å². The molecule has 2 N–H and O–H groups in total. The van der Waals surface area contributed by atoms with Gasteiger partial charge in [-0.05, 0) is 36.1 Å². The maximum absolute atomic E-state index is 11.9. The average molecular weight is 305 g/mol. The summed E-state index contributed by atoms with van der Waals surface area (Å²) in [6, 6.07) is 16.3. The summed E-state index contributed by atoms with van der Waals surface area (Å²) in [5.41, 5.74) is 2.00. The summed E-state index contributed by atoms with van der Waals surface area (Å²) in [4.78, 5) is 0. The summed E-state index contributed by atoms with van der Waals surface area (Å²) in [6.07, 6.45) is 1.11. The van der Waals surface area contributed by atoms with Crippen LogP contribution in [0.5, 0.6) is 5.75 Å². The molecule has 5 heteroatoms. The first-order chi connectivity index (χ1) is 10.1. The Balaban J connectivity index is 1.77. The number of aryl methyl sites for hydroxylation is 1. The van der Waals surface area contributed by atoms with Crippen LogP contribution < -0.4 is 4.72 Å². The van der Waals surface area contributed by atoms with Gasteiger partial charge in [-0.15, -0.1) is 0 Å². The highest BCUT2D eigenvalue weighted by molar-refractivity contribution is 7.89. The predicted molar refractivity (Wildman–Crippen MR) is 83.7 cm³/mol. The maximum atomic E-state index is 11.9. The molecule has 4 nitrogen and oxygen atoms in total. The summed E-state index contributed by atoms with van der Waals surface area (Å²) in [5, 5.41) is 9.18. The number of hydrogen-bond acceptors (Lipinski definition) is 3. The fourth-order valence-corrected chi connectivity index (χ4v) is 3.04. The van der Waals surface area contributed by atoms with E-state index in [1.165, 1.54) is 0 Å². The highest BCUT2D eigenvalue weighted by Crippen LogP contribution is 2.09. The Morgan fingerprint density at radius 1 is 0.857 bits per heavy atom. The van der Waals surface area contributed by atoms with Crippen molar-refractivity contribution in [2.24, 2.45) is 0 Å². The van der Waals surface area contributed by atoms with E-state index in [9.17, 15) is 13.5 Å². The smallest absolute Gasteiger partial charge is 0.211 e. The SMILES string of the molecule is O=S(=O)(CCc1ccccc1)NCCc1ccc(O)cc1. The van der Waals surface area contributed by atoms with Gasteiger partial charge in [-0.2, -0.15) is 0 Å². The van der Waals surface area contributed by atoms with Gasteiger partial charge in [0.25, 0.3) is 0 Å². The Bertz CT molecular complexity index is 652. The third kappa shape index (κ3) is 5.57. The summed E-state index contributed by atoms with van der Waals surface area (Å²) >= 11 is 0. The number of nitrogens with one attached hydrogen (secondary N) is 1. The topological polar surface area (TPSA) is 66.4 Å². The minimum absolute atomic E-state index is 0.0899. The van der Waals surface area contributed by atoms with Crippen molar-refractivity contribution < 1.29 is 13.5 Å². The predicted octanol–water partition coefficient (Wildman–Crippen LogP) is 2.10. The summed E-state index contributed by atoms with van der Waals surface area (Å²) in [7, 11) is -3.26. The Hall–Kier alpha value is -1.85. The van der Waals surface area contributed by atoms with Crippen molar-refractivity contribution in [2.45, 2.75) is 12.8 Å². The molecule has 0 aromatic heterocycles. The number of sulfonamides is 1. The Kier molecular flexibility index (Phi) is 5.36. The van der Waals surface area contributed by atoms with Crippen LogP contribution in [0.4, 0.5) is 0 Å². The number of aromatic hydroxyl groups is 1. The molecule has 0 aliphatic rings. The number of benzene rings is 2. The lowest BCUT2D eigenvalue weighted by Gasteiger charge is -2.07. The molecule has 0 amide bonds. The molecule has 0 aliphatic heterocycles. The van der Waals surface area contributed by atoms with Crippen LogP contribution in [0.2, 0.25) is 0 Å². The van der Waals surface area contributed by atoms with Gasteiger partial charge in [-0.25, -0.2) is 13.1 Å². The highest BCUT2D eigenvalue weighted by atomic mass is 32.2. The standard InChI is InChI=1S/C16H19NO3S/c18-16-8-6-15(7-9-16)10-12-17-21(19,20)13-11-14-4-2-1-3-5-14/h1-9,17-18H,10-13H2. The first kappa shape index (κ1) is 15.5. The number of hydrogen-bond donors (Lipinski definition) is 2. The summed E-state index contributed by atoms with van der Waals surface area (Å²) < 4.78 is 26.4. The van der Waals surface area contributed by atoms with Crippen LogP contribution in [0.1, 0.15) is 11.1 Å². The second kappa shape index (κ2) is 7.24. The molecule has 0 radical (unpaired) electrons. The van der Waals surface area contributed by atoms with Crippen molar-refractivity contribution in [2.75, 3.05) is 12.3 Å². The molecule has 0 saturated heterocycles. The van der Waals surface area contributed by atoms with Crippen molar-refractivity contribution in [1.29, 1.82) is 0 Å². The van der Waals surface area contributed by atoms with Crippen molar-refractivity contribution in [3.63, 3.8) is 0 Å². The lowest BCUT2D eigenvalue weighted by atomic mass is 10.1. The van der Waals surface area contributed by atoms with Gasteiger partial charge in [0, 0.05) is 6.54 Å². The third-order valence-electron chi connectivity index (χ3n) is 3.17. The number of rotatable bonds is 7. The molecule has 0 fully saturated rings. The van der Waals surface area contributed by atoms with E-state index in [-0.39, 0.29) is 11.5 Å². The molecule has 0 unspecified atom stereocenters. The van der Waals surface area contributed by atoms with Crippen molar-refractivity contribution >= 4 is 10.0 Å². The molecule has 2 aromatic rings. The zero-order chi connectivity index (χ0) is 15.1. The molecule has 0 aliphatic carbocycles. The molecular formula is C16H19NO3S. The van der Waals surface area contributed by atoms with E-state index in [0.29, 0.717) is 19.4 Å². The number of phenolic OH excluding ortho intramolecular Hbond substituents is 1. The van der Waals surface area contributed by atoms with Gasteiger partial charge >= 0.3 is 0 Å². The van der Waals surface area contributed by atoms with Gasteiger partial charge < -0.3 is 5.11 Å². The lowest BCUT2D eigenvalue weighted by Crippen LogP contribution is -2.29. The Morgan fingerprint density at radius 2 is 1.48 bits per heavy atom. The van der Waals surface area contributed by atoms with Crippen LogP contribution in [-0.2, 0) is 22.9 Å². The lowest BCUT2D eigenvalue weighted by molar-refractivity contribution is 0.475. The van der Waals surface area contributed by atoms with E-state index >= 15 is 0 Å². The van der Waals surface area contributed by atoms with E-state index in [1.807, 2.05) is 30.3 Å². The molecule has 112 valence electrons. The van der Waals surface area contributed by atoms with Gasteiger partial charge in [0.15, 0.2) is 0 Å². The Morgan fingerprint density at radius 3 is 2.14 bits per heavy atom. The van der Waals surface area contributed by atoms with Crippen LogP contribution in [0.15, 0.2) is 54.6 Å². The number of phenols is 1. The highest BCUT2D eigenvalue weighted by Gasteiger charge is 2.09. The van der Waals surface area contributed by atoms with Gasteiger partial charge in [0.2, 0.25) is 10.0 Å². The molecule has 0 saturated carbocycles. The van der Waals surface area contributed by atoms with Gasteiger partial charge in [0.05, 0.1) is 5.75 Å². The first-order valence-electron chi connectivity index (χ1n) is 6.84. The summed E-state index contributed by atoms with van der Waals surface area (Å²) in [5.74, 6) is 0.300. The second-order valence-corrected chi connectivity index (χ2v) is 6.79. The molecule has 0 atom stereocenters. The third-order valence-corrected chi connectivity index (χ3v) is 4.56. The Labute approximate surface area is 125 Å². The monoisotopic (exact) mass is 305 g/mol. The van der Waals surface area contributed by atoms with Crippen LogP contribution in [0.25, 0.3) is 0 Å². The van der Waals surface area contributed by atoms with Crippen LogP contribution in [0.3, 0.4) is 0 Å². The van der Waals surface area contributed by atoms with E-state index in [2.05, 4.69) is 4.72 Å². The fourth-order valence-electron chi connectivity index (χ4n) is 1.98. The normalized spacial score (nSPS) is 11.4. The van der Waals surface area contributed by atoms with E-state index in [1.54, 1.807) is 24.3 Å². The average Bonchev–Trinajstić information content (AvgIpc) is 2.48. The zero-order valence-electron chi connectivity index (χ0n) is 11.7. The molecule has 2 rings (SSSR count). The fraction of sp³-hybridized carbons (Fsp3) is 0.250. The summed E-state index contributed by atoms with van der Waals surface area (Å²) in [6.45, 7) is 0.363. The molecular weight excluding hydrogens is 286 g/mol. The molecule has 0 heterocycles. The van der Waals surface area contributed by atoms with Crippen LogP contribution >= 0.6 is 0 Å². The van der Waals surface area contributed by atoms with Crippen molar-refractivity contribution in [1.82, 2.24) is 4.72 Å². The molecule has 0 bridgehead atoms. The van der Waals surface area contributed by atoms with Crippen LogP contribution in [0, 0.1) is 0 Å². The van der Waals surface area contributed by atoms with Gasteiger partial charge in [-0.3, -0.25) is 0 Å².